The molecule has 4 rings (SSSR count). The molecule has 0 radical (unpaired) electrons. The quantitative estimate of drug-likeness (QED) is 0.615. The minimum Gasteiger partial charge on any atom is -0.359 e. The summed E-state index contributed by atoms with van der Waals surface area (Å²) >= 11 is 0. The first-order valence-corrected chi connectivity index (χ1v) is 11.2. The largest absolute Gasteiger partial charge is 0.359 e. The van der Waals surface area contributed by atoms with Gasteiger partial charge in [0.2, 0.25) is 0 Å². The molecule has 1 fully saturated rings. The fourth-order valence-electron chi connectivity index (χ4n) is 4.77. The van der Waals surface area contributed by atoms with Gasteiger partial charge >= 0.3 is 0 Å². The van der Waals surface area contributed by atoms with E-state index in [-0.39, 0.29) is 0 Å². The Balaban J connectivity index is 1.64. The van der Waals surface area contributed by atoms with E-state index in [4.69, 9.17) is 4.98 Å². The molecule has 0 aliphatic carbocycles. The standard InChI is InChI=1S/C28H33N3/c1-6-27-20(3)14-24(15-25(27)16-28-19(2)13-21(4)30-22(28)5)23-9-10-26(29-17-23)18-31-11-7-8-12-31/h6,9-10,13-15,17,30H,1,5,7-8,11-12,16,18H2,2-4H3. The second kappa shape index (κ2) is 9.07. The zero-order valence-electron chi connectivity index (χ0n) is 19.1. The van der Waals surface area contributed by atoms with Crippen LogP contribution in [0.15, 0.2) is 72.2 Å². The first kappa shape index (κ1) is 21.3. The second-order valence-electron chi connectivity index (χ2n) is 8.86. The topological polar surface area (TPSA) is 28.2 Å². The summed E-state index contributed by atoms with van der Waals surface area (Å²) in [5.74, 6) is 0. The molecule has 0 spiro atoms. The van der Waals surface area contributed by atoms with Crippen molar-refractivity contribution in [3.8, 4) is 11.1 Å². The first-order chi connectivity index (χ1) is 14.9. The van der Waals surface area contributed by atoms with Gasteiger partial charge in [-0.15, -0.1) is 0 Å². The molecule has 1 saturated heterocycles. The van der Waals surface area contributed by atoms with Gasteiger partial charge in [0.1, 0.15) is 0 Å². The molecule has 3 nitrogen and oxygen atoms in total. The van der Waals surface area contributed by atoms with Gasteiger partial charge in [0.15, 0.2) is 0 Å². The van der Waals surface area contributed by atoms with E-state index in [1.807, 2.05) is 12.3 Å². The Bertz CT molecular complexity index is 1060. The predicted molar refractivity (Wildman–Crippen MR) is 131 cm³/mol. The van der Waals surface area contributed by atoms with Crippen LogP contribution in [0.3, 0.4) is 0 Å². The van der Waals surface area contributed by atoms with Gasteiger partial charge in [0, 0.05) is 36.1 Å². The summed E-state index contributed by atoms with van der Waals surface area (Å²) in [4.78, 5) is 7.25. The number of dihydropyridines is 1. The fraction of sp³-hybridized carbons (Fsp3) is 0.321. The molecule has 31 heavy (non-hydrogen) atoms. The average Bonchev–Trinajstić information content (AvgIpc) is 3.24. The van der Waals surface area contributed by atoms with Crippen molar-refractivity contribution in [2.45, 2.75) is 46.6 Å². The zero-order valence-corrected chi connectivity index (χ0v) is 19.1. The molecule has 3 heteroatoms. The second-order valence-corrected chi connectivity index (χ2v) is 8.86. The van der Waals surface area contributed by atoms with Crippen molar-refractivity contribution in [1.82, 2.24) is 15.2 Å². The number of benzene rings is 1. The van der Waals surface area contributed by atoms with Crippen LogP contribution in [-0.4, -0.2) is 23.0 Å². The molecule has 2 aliphatic heterocycles. The van der Waals surface area contributed by atoms with Gasteiger partial charge in [-0.1, -0.05) is 37.4 Å². The van der Waals surface area contributed by atoms with E-state index < -0.39 is 0 Å². The summed E-state index contributed by atoms with van der Waals surface area (Å²) in [6.45, 7) is 18.1. The van der Waals surface area contributed by atoms with Crippen LogP contribution in [0.25, 0.3) is 17.2 Å². The lowest BCUT2D eigenvalue weighted by Crippen LogP contribution is -2.19. The summed E-state index contributed by atoms with van der Waals surface area (Å²) < 4.78 is 0. The number of hydrogen-bond donors (Lipinski definition) is 1. The van der Waals surface area contributed by atoms with Crippen molar-refractivity contribution >= 4 is 6.08 Å². The van der Waals surface area contributed by atoms with Crippen molar-refractivity contribution in [2.24, 2.45) is 0 Å². The molecule has 3 heterocycles. The molecule has 0 bridgehead atoms. The summed E-state index contributed by atoms with van der Waals surface area (Å²) in [5, 5.41) is 3.38. The number of nitrogens with one attached hydrogen (secondary N) is 1. The van der Waals surface area contributed by atoms with E-state index in [2.05, 4.69) is 74.5 Å². The van der Waals surface area contributed by atoms with Crippen LogP contribution < -0.4 is 5.32 Å². The molecule has 1 aromatic heterocycles. The number of rotatable bonds is 6. The third-order valence-corrected chi connectivity index (χ3v) is 6.41. The van der Waals surface area contributed by atoms with Crippen LogP contribution in [0.1, 0.15) is 49.1 Å². The lowest BCUT2D eigenvalue weighted by atomic mass is 9.89. The lowest BCUT2D eigenvalue weighted by Gasteiger charge is -2.22. The van der Waals surface area contributed by atoms with E-state index in [1.54, 1.807) is 0 Å². The summed E-state index contributed by atoms with van der Waals surface area (Å²) in [5.41, 5.74) is 11.9. The van der Waals surface area contributed by atoms with E-state index >= 15 is 0 Å². The minimum atomic E-state index is 0.831. The third-order valence-electron chi connectivity index (χ3n) is 6.41. The van der Waals surface area contributed by atoms with E-state index in [0.717, 1.165) is 35.6 Å². The van der Waals surface area contributed by atoms with Crippen LogP contribution >= 0.6 is 0 Å². The van der Waals surface area contributed by atoms with Crippen molar-refractivity contribution in [2.75, 3.05) is 13.1 Å². The smallest absolute Gasteiger partial charge is 0.0544 e. The maximum absolute atomic E-state index is 4.77. The summed E-state index contributed by atoms with van der Waals surface area (Å²) in [6, 6.07) is 8.93. The molecule has 2 aromatic rings. The average molecular weight is 412 g/mol. The van der Waals surface area contributed by atoms with Gasteiger partial charge in [-0.2, -0.15) is 0 Å². The SMILES string of the molecule is C=Cc1c(C)cc(-c2ccc(CN3CCCC3)nc2)cc1CC1=C(C)C=C(C)NC1=C. The summed E-state index contributed by atoms with van der Waals surface area (Å²) in [6.07, 6.45) is 9.64. The highest BCUT2D eigenvalue weighted by molar-refractivity contribution is 5.70. The molecule has 2 aliphatic rings. The van der Waals surface area contributed by atoms with Crippen LogP contribution in [-0.2, 0) is 13.0 Å². The minimum absolute atomic E-state index is 0.831. The number of nitrogens with zero attached hydrogens (tertiary/aromatic N) is 2. The number of aromatic nitrogens is 1. The Morgan fingerprint density at radius 2 is 1.87 bits per heavy atom. The highest BCUT2D eigenvalue weighted by Crippen LogP contribution is 2.31. The number of likely N-dealkylation sites (tertiary alicyclic amines) is 1. The molecule has 160 valence electrons. The Morgan fingerprint density at radius 3 is 2.52 bits per heavy atom. The Labute approximate surface area is 186 Å². The fourth-order valence-corrected chi connectivity index (χ4v) is 4.77. The molecular formula is C28H33N3. The molecule has 0 atom stereocenters. The van der Waals surface area contributed by atoms with E-state index in [0.29, 0.717) is 0 Å². The van der Waals surface area contributed by atoms with Gasteiger partial charge in [-0.05, 0) is 92.2 Å². The van der Waals surface area contributed by atoms with Crippen molar-refractivity contribution in [3.63, 3.8) is 0 Å². The van der Waals surface area contributed by atoms with Gasteiger partial charge in [0.05, 0.1) is 5.69 Å². The Morgan fingerprint density at radius 1 is 1.10 bits per heavy atom. The first-order valence-electron chi connectivity index (χ1n) is 11.2. The third kappa shape index (κ3) is 4.72. The molecule has 0 saturated carbocycles. The van der Waals surface area contributed by atoms with Gasteiger partial charge in [-0.25, -0.2) is 0 Å². The highest BCUT2D eigenvalue weighted by Gasteiger charge is 2.16. The lowest BCUT2D eigenvalue weighted by molar-refractivity contribution is 0.327. The zero-order chi connectivity index (χ0) is 22.0. The highest BCUT2D eigenvalue weighted by atomic mass is 15.1. The Hall–Kier alpha value is -2.91. The van der Waals surface area contributed by atoms with Crippen molar-refractivity contribution < 1.29 is 0 Å². The van der Waals surface area contributed by atoms with Crippen LogP contribution in [0, 0.1) is 6.92 Å². The van der Waals surface area contributed by atoms with Crippen molar-refractivity contribution in [1.29, 1.82) is 0 Å². The number of allylic oxidation sites excluding steroid dienone is 4. The number of aryl methyl sites for hydroxylation is 1. The van der Waals surface area contributed by atoms with Crippen LogP contribution in [0.5, 0.6) is 0 Å². The molecule has 0 unspecified atom stereocenters. The van der Waals surface area contributed by atoms with E-state index in [9.17, 15) is 0 Å². The predicted octanol–water partition coefficient (Wildman–Crippen LogP) is 6.18. The van der Waals surface area contributed by atoms with Crippen LogP contribution in [0.2, 0.25) is 0 Å². The maximum atomic E-state index is 4.77. The normalized spacial score (nSPS) is 17.0. The van der Waals surface area contributed by atoms with Crippen molar-refractivity contribution in [3.05, 3.63) is 94.6 Å². The summed E-state index contributed by atoms with van der Waals surface area (Å²) in [7, 11) is 0. The van der Waals surface area contributed by atoms with Gasteiger partial charge < -0.3 is 5.32 Å². The number of hydrogen-bond acceptors (Lipinski definition) is 3. The number of pyridine rings is 1. The Kier molecular flexibility index (Phi) is 6.24. The van der Waals surface area contributed by atoms with Gasteiger partial charge in [0.25, 0.3) is 0 Å². The van der Waals surface area contributed by atoms with Gasteiger partial charge in [-0.3, -0.25) is 9.88 Å². The molecule has 1 aromatic carbocycles. The van der Waals surface area contributed by atoms with Crippen LogP contribution in [0.4, 0.5) is 0 Å². The van der Waals surface area contributed by atoms with E-state index in [1.165, 1.54) is 59.3 Å². The molecule has 0 amide bonds. The molecule has 1 N–H and O–H groups in total. The monoisotopic (exact) mass is 411 g/mol. The molecular weight excluding hydrogens is 378 g/mol. The maximum Gasteiger partial charge on any atom is 0.0544 e.